The molecule has 0 aliphatic rings. The number of sulfonamides is 1. The van der Waals surface area contributed by atoms with E-state index in [1.807, 2.05) is 19.1 Å². The Morgan fingerprint density at radius 2 is 2.00 bits per heavy atom. The molecule has 0 radical (unpaired) electrons. The van der Waals surface area contributed by atoms with E-state index in [1.54, 1.807) is 6.92 Å². The van der Waals surface area contributed by atoms with Gasteiger partial charge in [0.2, 0.25) is 10.0 Å². The van der Waals surface area contributed by atoms with E-state index >= 15 is 0 Å². The number of carboxylic acid groups (broad SMARTS) is 1. The van der Waals surface area contributed by atoms with Gasteiger partial charge >= 0.3 is 5.97 Å². The zero-order valence-corrected chi connectivity index (χ0v) is 13.2. The second-order valence-electron chi connectivity index (χ2n) is 4.62. The summed E-state index contributed by atoms with van der Waals surface area (Å²) in [6.07, 6.45) is 0. The van der Waals surface area contributed by atoms with Gasteiger partial charge in [0.1, 0.15) is 0 Å². The average molecular weight is 325 g/mol. The quantitative estimate of drug-likeness (QED) is 0.885. The molecule has 0 bridgehead atoms. The Bertz CT molecular complexity index is 765. The molecule has 5 nitrogen and oxygen atoms in total. The minimum atomic E-state index is -3.76. The van der Waals surface area contributed by atoms with Gasteiger partial charge in [-0.25, -0.2) is 17.9 Å². The first-order valence-electron chi connectivity index (χ1n) is 6.21. The van der Waals surface area contributed by atoms with E-state index in [9.17, 15) is 13.2 Å². The molecule has 0 spiro atoms. The normalized spacial score (nSPS) is 13.0. The molecule has 1 heterocycles. The lowest BCUT2D eigenvalue weighted by molar-refractivity contribution is 0.0696. The molecule has 0 saturated carbocycles. The smallest absolute Gasteiger partial charge is 0.335 e. The van der Waals surface area contributed by atoms with Gasteiger partial charge in [-0.05, 0) is 44.2 Å². The number of hydrogen-bond donors (Lipinski definition) is 2. The molecule has 1 aromatic carbocycles. The highest BCUT2D eigenvalue weighted by Crippen LogP contribution is 2.24. The number of aryl methyl sites for hydroxylation is 1. The van der Waals surface area contributed by atoms with Crippen molar-refractivity contribution in [1.82, 2.24) is 4.72 Å². The third kappa shape index (κ3) is 3.69. The number of aromatic carboxylic acids is 1. The van der Waals surface area contributed by atoms with Crippen LogP contribution in [0.4, 0.5) is 0 Å². The number of carboxylic acids is 1. The Balaban J connectivity index is 2.26. The third-order valence-electron chi connectivity index (χ3n) is 2.91. The average Bonchev–Trinajstić information content (AvgIpc) is 2.85. The van der Waals surface area contributed by atoms with Gasteiger partial charge in [0.15, 0.2) is 0 Å². The first-order chi connectivity index (χ1) is 9.79. The van der Waals surface area contributed by atoms with E-state index in [0.29, 0.717) is 0 Å². The molecule has 0 fully saturated rings. The summed E-state index contributed by atoms with van der Waals surface area (Å²) in [4.78, 5) is 12.9. The Labute approximate surface area is 127 Å². The van der Waals surface area contributed by atoms with Crippen molar-refractivity contribution in [3.8, 4) is 0 Å². The van der Waals surface area contributed by atoms with Crippen LogP contribution in [0.15, 0.2) is 41.3 Å². The van der Waals surface area contributed by atoms with Crippen LogP contribution in [-0.2, 0) is 10.0 Å². The molecule has 1 aromatic heterocycles. The minimum absolute atomic E-state index is 0.0532. The molecule has 0 aliphatic carbocycles. The summed E-state index contributed by atoms with van der Waals surface area (Å²) >= 11 is 1.52. The van der Waals surface area contributed by atoms with Gasteiger partial charge in [0.05, 0.1) is 16.5 Å². The topological polar surface area (TPSA) is 83.5 Å². The second kappa shape index (κ2) is 5.97. The van der Waals surface area contributed by atoms with E-state index in [0.717, 1.165) is 15.8 Å². The molecule has 2 N–H and O–H groups in total. The Morgan fingerprint density at radius 1 is 1.29 bits per heavy atom. The van der Waals surface area contributed by atoms with Gasteiger partial charge in [0, 0.05) is 9.75 Å². The summed E-state index contributed by atoms with van der Waals surface area (Å²) in [6, 6.07) is 8.72. The number of nitrogens with one attached hydrogen (secondary N) is 1. The molecular formula is C14H15NO4S2. The fourth-order valence-electron chi connectivity index (χ4n) is 1.84. The number of carbonyl (C=O) groups is 1. The molecule has 7 heteroatoms. The van der Waals surface area contributed by atoms with E-state index in [2.05, 4.69) is 4.72 Å². The number of hydrogen-bond acceptors (Lipinski definition) is 4. The molecule has 0 aliphatic heterocycles. The molecule has 1 atom stereocenters. The van der Waals surface area contributed by atoms with Crippen LogP contribution in [0.25, 0.3) is 0 Å². The lowest BCUT2D eigenvalue weighted by Crippen LogP contribution is -2.26. The molecular weight excluding hydrogens is 310 g/mol. The maximum absolute atomic E-state index is 12.3. The van der Waals surface area contributed by atoms with E-state index in [-0.39, 0.29) is 16.5 Å². The minimum Gasteiger partial charge on any atom is -0.478 e. The Kier molecular flexibility index (Phi) is 4.46. The summed E-state index contributed by atoms with van der Waals surface area (Å²) in [5, 5.41) is 8.92. The molecule has 2 aromatic rings. The lowest BCUT2D eigenvalue weighted by Gasteiger charge is -2.13. The number of rotatable bonds is 5. The van der Waals surface area contributed by atoms with Crippen LogP contribution in [0, 0.1) is 6.92 Å². The lowest BCUT2D eigenvalue weighted by atomic mass is 10.2. The zero-order chi connectivity index (χ0) is 15.6. The fraction of sp³-hybridized carbons (Fsp3) is 0.214. The van der Waals surface area contributed by atoms with Gasteiger partial charge in [-0.2, -0.15) is 0 Å². The number of benzene rings is 1. The summed E-state index contributed by atoms with van der Waals surface area (Å²) < 4.78 is 27.2. The molecule has 112 valence electrons. The van der Waals surface area contributed by atoms with E-state index in [4.69, 9.17) is 5.11 Å². The van der Waals surface area contributed by atoms with Gasteiger partial charge in [-0.15, -0.1) is 11.3 Å². The largest absolute Gasteiger partial charge is 0.478 e. The van der Waals surface area contributed by atoms with Crippen molar-refractivity contribution >= 4 is 27.3 Å². The second-order valence-corrected chi connectivity index (χ2v) is 7.66. The summed E-state index contributed by atoms with van der Waals surface area (Å²) in [6.45, 7) is 3.70. The standard InChI is InChI=1S/C14H15NO4S2/c1-9-6-7-13(20-9)10(2)15-21(18,19)12-5-3-4-11(8-12)14(16)17/h3-8,10,15H,1-2H3,(H,16,17). The van der Waals surface area contributed by atoms with Crippen LogP contribution in [0.2, 0.25) is 0 Å². The van der Waals surface area contributed by atoms with Crippen molar-refractivity contribution < 1.29 is 18.3 Å². The van der Waals surface area contributed by atoms with Crippen molar-refractivity contribution in [3.63, 3.8) is 0 Å². The van der Waals surface area contributed by atoms with Crippen LogP contribution in [-0.4, -0.2) is 19.5 Å². The molecule has 21 heavy (non-hydrogen) atoms. The summed E-state index contributed by atoms with van der Waals surface area (Å²) in [5.41, 5.74) is -0.0579. The van der Waals surface area contributed by atoms with Crippen molar-refractivity contribution in [2.45, 2.75) is 24.8 Å². The predicted octanol–water partition coefficient (Wildman–Crippen LogP) is 2.79. The van der Waals surface area contributed by atoms with Crippen LogP contribution in [0.1, 0.15) is 33.1 Å². The Morgan fingerprint density at radius 3 is 2.57 bits per heavy atom. The highest BCUT2D eigenvalue weighted by Gasteiger charge is 2.20. The van der Waals surface area contributed by atoms with Crippen molar-refractivity contribution in [2.24, 2.45) is 0 Å². The summed E-state index contributed by atoms with van der Waals surface area (Å²) in [5.74, 6) is -1.16. The van der Waals surface area contributed by atoms with Crippen LogP contribution in [0.3, 0.4) is 0 Å². The highest BCUT2D eigenvalue weighted by molar-refractivity contribution is 7.89. The molecule has 0 amide bonds. The maximum atomic E-state index is 12.3. The number of thiophene rings is 1. The van der Waals surface area contributed by atoms with E-state index < -0.39 is 16.0 Å². The van der Waals surface area contributed by atoms with Crippen LogP contribution < -0.4 is 4.72 Å². The van der Waals surface area contributed by atoms with Gasteiger partial charge in [0.25, 0.3) is 0 Å². The van der Waals surface area contributed by atoms with Gasteiger partial charge < -0.3 is 5.11 Å². The van der Waals surface area contributed by atoms with Gasteiger partial charge in [-0.1, -0.05) is 6.07 Å². The molecule has 1 unspecified atom stereocenters. The highest BCUT2D eigenvalue weighted by atomic mass is 32.2. The zero-order valence-electron chi connectivity index (χ0n) is 11.5. The van der Waals surface area contributed by atoms with Crippen molar-refractivity contribution in [3.05, 3.63) is 51.7 Å². The van der Waals surface area contributed by atoms with Crippen LogP contribution in [0.5, 0.6) is 0 Å². The third-order valence-corrected chi connectivity index (χ3v) is 5.63. The maximum Gasteiger partial charge on any atom is 0.335 e. The van der Waals surface area contributed by atoms with E-state index in [1.165, 1.54) is 29.5 Å². The molecule has 0 saturated heterocycles. The Hall–Kier alpha value is -1.70. The predicted molar refractivity (Wildman–Crippen MR) is 81.2 cm³/mol. The van der Waals surface area contributed by atoms with Crippen molar-refractivity contribution in [1.29, 1.82) is 0 Å². The first-order valence-corrected chi connectivity index (χ1v) is 8.51. The SMILES string of the molecule is Cc1ccc(C(C)NS(=O)(=O)c2cccc(C(=O)O)c2)s1. The van der Waals surface area contributed by atoms with Crippen LogP contribution >= 0.6 is 11.3 Å². The summed E-state index contributed by atoms with van der Waals surface area (Å²) in [7, 11) is -3.76. The first kappa shape index (κ1) is 15.7. The fourth-order valence-corrected chi connectivity index (χ4v) is 4.06. The monoisotopic (exact) mass is 325 g/mol. The van der Waals surface area contributed by atoms with Crippen molar-refractivity contribution in [2.75, 3.05) is 0 Å². The molecule has 2 rings (SSSR count). The van der Waals surface area contributed by atoms with Gasteiger partial charge in [-0.3, -0.25) is 0 Å².